The van der Waals surface area contributed by atoms with Crippen molar-refractivity contribution in [3.8, 4) is 11.3 Å². The number of benzene rings is 1. The molecular formula is C18H19N5O2. The second-order valence-electron chi connectivity index (χ2n) is 6.22. The number of aromatic nitrogens is 4. The Kier molecular flexibility index (Phi) is 4.05. The number of rotatable bonds is 3. The van der Waals surface area contributed by atoms with Crippen LogP contribution in [0, 0.1) is 6.92 Å². The Balaban J connectivity index is 1.60. The molecule has 1 saturated heterocycles. The van der Waals surface area contributed by atoms with Gasteiger partial charge in [0.2, 0.25) is 5.89 Å². The molecule has 0 saturated carbocycles. The number of carbonyl (C=O) groups excluding carboxylic acids is 1. The summed E-state index contributed by atoms with van der Waals surface area (Å²) in [5.74, 6) is 1.00. The van der Waals surface area contributed by atoms with E-state index in [9.17, 15) is 4.79 Å². The van der Waals surface area contributed by atoms with Gasteiger partial charge < -0.3 is 9.42 Å². The Bertz CT molecular complexity index is 870. The summed E-state index contributed by atoms with van der Waals surface area (Å²) in [4.78, 5) is 19.1. The van der Waals surface area contributed by atoms with E-state index in [1.807, 2.05) is 30.3 Å². The number of hydrogen-bond acceptors (Lipinski definition) is 5. The summed E-state index contributed by atoms with van der Waals surface area (Å²) in [5, 5.41) is 11.0. The molecule has 3 aromatic rings. The van der Waals surface area contributed by atoms with E-state index < -0.39 is 0 Å². The molecule has 7 nitrogen and oxygen atoms in total. The van der Waals surface area contributed by atoms with Gasteiger partial charge in [-0.3, -0.25) is 9.89 Å². The molecule has 1 aromatic carbocycles. The fourth-order valence-corrected chi connectivity index (χ4v) is 3.22. The van der Waals surface area contributed by atoms with E-state index in [2.05, 4.69) is 20.3 Å². The molecule has 1 aliphatic rings. The first kappa shape index (κ1) is 15.6. The van der Waals surface area contributed by atoms with Crippen molar-refractivity contribution in [1.82, 2.24) is 25.2 Å². The Hall–Kier alpha value is -2.96. The maximum atomic E-state index is 13.0. The second kappa shape index (κ2) is 6.51. The van der Waals surface area contributed by atoms with Gasteiger partial charge in [-0.2, -0.15) is 10.1 Å². The third-order valence-electron chi connectivity index (χ3n) is 4.47. The molecule has 0 unspecified atom stereocenters. The molecule has 1 N–H and O–H groups in total. The minimum absolute atomic E-state index is 0.0877. The number of piperidine rings is 1. The zero-order valence-corrected chi connectivity index (χ0v) is 14.0. The lowest BCUT2D eigenvalue weighted by Gasteiger charge is -2.32. The van der Waals surface area contributed by atoms with Crippen LogP contribution in [0.4, 0.5) is 0 Å². The molecule has 0 aliphatic carbocycles. The van der Waals surface area contributed by atoms with Crippen molar-refractivity contribution in [2.45, 2.75) is 32.2 Å². The van der Waals surface area contributed by atoms with Gasteiger partial charge in [0.15, 0.2) is 5.82 Å². The highest BCUT2D eigenvalue weighted by molar-refractivity contribution is 5.93. The number of amides is 1. The molecule has 25 heavy (non-hydrogen) atoms. The fourth-order valence-electron chi connectivity index (χ4n) is 3.22. The summed E-state index contributed by atoms with van der Waals surface area (Å²) in [6.07, 6.45) is 2.83. The van der Waals surface area contributed by atoms with Crippen molar-refractivity contribution in [2.75, 3.05) is 6.54 Å². The zero-order chi connectivity index (χ0) is 17.2. The summed E-state index contributed by atoms with van der Waals surface area (Å²) in [5.41, 5.74) is 2.20. The maximum absolute atomic E-state index is 13.0. The molecule has 0 radical (unpaired) electrons. The van der Waals surface area contributed by atoms with Crippen LogP contribution < -0.4 is 0 Å². The predicted molar refractivity (Wildman–Crippen MR) is 90.7 cm³/mol. The number of carbonyl (C=O) groups is 1. The number of hydrogen-bond donors (Lipinski definition) is 1. The van der Waals surface area contributed by atoms with Crippen LogP contribution >= 0.6 is 0 Å². The van der Waals surface area contributed by atoms with Gasteiger partial charge in [-0.1, -0.05) is 35.5 Å². The minimum Gasteiger partial charge on any atom is -0.337 e. The first-order valence-electron chi connectivity index (χ1n) is 8.44. The molecule has 1 amide bonds. The van der Waals surface area contributed by atoms with E-state index in [1.165, 1.54) is 0 Å². The van der Waals surface area contributed by atoms with Crippen molar-refractivity contribution in [1.29, 1.82) is 0 Å². The smallest absolute Gasteiger partial charge is 0.272 e. The highest BCUT2D eigenvalue weighted by Crippen LogP contribution is 2.31. The summed E-state index contributed by atoms with van der Waals surface area (Å²) >= 11 is 0. The van der Waals surface area contributed by atoms with Gasteiger partial charge in [0.05, 0.1) is 5.69 Å². The van der Waals surface area contributed by atoms with Gasteiger partial charge >= 0.3 is 0 Å². The van der Waals surface area contributed by atoms with Gasteiger partial charge in [0.25, 0.3) is 5.91 Å². The number of nitrogens with one attached hydrogen (secondary N) is 1. The lowest BCUT2D eigenvalue weighted by molar-refractivity contribution is 0.0555. The van der Waals surface area contributed by atoms with E-state index >= 15 is 0 Å². The third kappa shape index (κ3) is 3.05. The van der Waals surface area contributed by atoms with Gasteiger partial charge in [0.1, 0.15) is 11.7 Å². The Morgan fingerprint density at radius 1 is 1.28 bits per heavy atom. The van der Waals surface area contributed by atoms with Crippen LogP contribution in [0.25, 0.3) is 11.3 Å². The molecule has 2 aromatic heterocycles. The number of likely N-dealkylation sites (tertiary alicyclic amines) is 1. The minimum atomic E-state index is -0.175. The average molecular weight is 337 g/mol. The Labute approximate surface area is 145 Å². The molecule has 0 bridgehead atoms. The number of aromatic amines is 1. The van der Waals surface area contributed by atoms with Gasteiger partial charge in [0, 0.05) is 12.1 Å². The first-order chi connectivity index (χ1) is 12.2. The molecule has 0 spiro atoms. The molecule has 4 rings (SSSR count). The highest BCUT2D eigenvalue weighted by Gasteiger charge is 2.33. The normalized spacial score (nSPS) is 17.6. The van der Waals surface area contributed by atoms with Crippen LogP contribution in [0.5, 0.6) is 0 Å². The Morgan fingerprint density at radius 3 is 2.88 bits per heavy atom. The van der Waals surface area contributed by atoms with Crippen molar-refractivity contribution < 1.29 is 9.32 Å². The van der Waals surface area contributed by atoms with E-state index in [4.69, 9.17) is 4.52 Å². The molecule has 1 aliphatic heterocycles. The molecule has 1 fully saturated rings. The summed E-state index contributed by atoms with van der Waals surface area (Å²) in [6.45, 7) is 2.45. The van der Waals surface area contributed by atoms with Crippen LogP contribution in [-0.2, 0) is 0 Å². The van der Waals surface area contributed by atoms with Gasteiger partial charge in [-0.25, -0.2) is 0 Å². The van der Waals surface area contributed by atoms with Crippen molar-refractivity contribution in [2.24, 2.45) is 0 Å². The molecule has 1 atom stereocenters. The number of nitrogens with zero attached hydrogens (tertiary/aromatic N) is 4. The molecule has 128 valence electrons. The lowest BCUT2D eigenvalue weighted by Crippen LogP contribution is -2.38. The largest absolute Gasteiger partial charge is 0.337 e. The van der Waals surface area contributed by atoms with Crippen LogP contribution in [0.2, 0.25) is 0 Å². The van der Waals surface area contributed by atoms with E-state index in [-0.39, 0.29) is 11.9 Å². The predicted octanol–water partition coefficient (Wildman–Crippen LogP) is 3.14. The first-order valence-corrected chi connectivity index (χ1v) is 8.44. The summed E-state index contributed by atoms with van der Waals surface area (Å²) < 4.78 is 5.31. The molecule has 7 heteroatoms. The van der Waals surface area contributed by atoms with Crippen LogP contribution in [0.1, 0.15) is 47.5 Å². The highest BCUT2D eigenvalue weighted by atomic mass is 16.5. The van der Waals surface area contributed by atoms with E-state index in [1.54, 1.807) is 17.9 Å². The SMILES string of the molecule is Cc1noc([C@H]2CCCCN2C(=O)c2cc(-c3ccccc3)n[nH]2)n1. The molecule has 3 heterocycles. The fraction of sp³-hybridized carbons (Fsp3) is 0.333. The van der Waals surface area contributed by atoms with Gasteiger partial charge in [-0.05, 0) is 32.3 Å². The van der Waals surface area contributed by atoms with Gasteiger partial charge in [-0.15, -0.1) is 0 Å². The topological polar surface area (TPSA) is 87.9 Å². The summed E-state index contributed by atoms with van der Waals surface area (Å²) in [6, 6.07) is 11.4. The maximum Gasteiger partial charge on any atom is 0.272 e. The van der Waals surface area contributed by atoms with Crippen molar-refractivity contribution >= 4 is 5.91 Å². The lowest BCUT2D eigenvalue weighted by atomic mass is 10.0. The number of H-pyrrole nitrogens is 1. The monoisotopic (exact) mass is 337 g/mol. The summed E-state index contributed by atoms with van der Waals surface area (Å²) in [7, 11) is 0. The van der Waals surface area contributed by atoms with Crippen LogP contribution in [-0.4, -0.2) is 37.7 Å². The van der Waals surface area contributed by atoms with Crippen LogP contribution in [0.3, 0.4) is 0 Å². The van der Waals surface area contributed by atoms with Crippen LogP contribution in [0.15, 0.2) is 40.9 Å². The molecular weight excluding hydrogens is 318 g/mol. The second-order valence-corrected chi connectivity index (χ2v) is 6.22. The Morgan fingerprint density at radius 2 is 2.12 bits per heavy atom. The van der Waals surface area contributed by atoms with E-state index in [0.717, 1.165) is 30.5 Å². The van der Waals surface area contributed by atoms with Crippen molar-refractivity contribution in [3.05, 3.63) is 53.8 Å². The van der Waals surface area contributed by atoms with E-state index in [0.29, 0.717) is 24.0 Å². The average Bonchev–Trinajstić information content (AvgIpc) is 3.31. The van der Waals surface area contributed by atoms with Crippen molar-refractivity contribution in [3.63, 3.8) is 0 Å². The number of aryl methyl sites for hydroxylation is 1. The zero-order valence-electron chi connectivity index (χ0n) is 14.0. The third-order valence-corrected chi connectivity index (χ3v) is 4.47. The standard InChI is InChI=1S/C18H19N5O2/c1-12-19-17(25-22-12)16-9-5-6-10-23(16)18(24)15-11-14(20-21-15)13-7-3-2-4-8-13/h2-4,7-8,11,16H,5-6,9-10H2,1H3,(H,20,21)/t16-/m1/s1. The quantitative estimate of drug-likeness (QED) is 0.793.